The van der Waals surface area contributed by atoms with Crippen LogP contribution >= 0.6 is 0 Å². The van der Waals surface area contributed by atoms with E-state index in [1.54, 1.807) is 25.3 Å². The fraction of sp³-hybridized carbons (Fsp3) is 0.486. The van der Waals surface area contributed by atoms with Crippen molar-refractivity contribution in [3.63, 3.8) is 0 Å². The summed E-state index contributed by atoms with van der Waals surface area (Å²) >= 11 is 0. The Kier molecular flexibility index (Phi) is 8.27. The standard InChI is InChI=1S/C37H41F3N6O4/c1-3-25-27(39)5-4-22-16-24(47)17-26(29(22)25)33-31(40)32-30(28-6-11-41-46(28)33)34(45-14-15-49-20-36(2,48)18-45)43-35(42-32)50-21-37(9-10-37)19-44-12-7-23(38)8-13-44/h4-6,11,16-17,23,47-48H,3,7-10,12-15,18-21H2,1-2H3. The van der Waals surface area contributed by atoms with Gasteiger partial charge < -0.3 is 29.5 Å². The van der Waals surface area contributed by atoms with Crippen LogP contribution in [0.5, 0.6) is 11.8 Å². The molecule has 2 aromatic carbocycles. The number of pyridine rings is 1. The van der Waals surface area contributed by atoms with Gasteiger partial charge in [-0.15, -0.1) is 0 Å². The van der Waals surface area contributed by atoms with E-state index in [0.717, 1.165) is 19.4 Å². The third-order valence-corrected chi connectivity index (χ3v) is 10.4. The van der Waals surface area contributed by atoms with Gasteiger partial charge in [0.05, 0.1) is 43.5 Å². The summed E-state index contributed by atoms with van der Waals surface area (Å²) < 4.78 is 59.9. The van der Waals surface area contributed by atoms with Crippen molar-refractivity contribution < 1.29 is 32.9 Å². The number of nitrogens with zero attached hydrogens (tertiary/aromatic N) is 6. The lowest BCUT2D eigenvalue weighted by molar-refractivity contribution is -0.0123. The van der Waals surface area contributed by atoms with Crippen LogP contribution in [0, 0.1) is 17.0 Å². The lowest BCUT2D eigenvalue weighted by atomic mass is 9.94. The number of alkyl halides is 1. The molecule has 264 valence electrons. The first kappa shape index (κ1) is 33.0. The van der Waals surface area contributed by atoms with Crippen LogP contribution in [0.3, 0.4) is 0 Å². The number of hydrogen-bond donors (Lipinski definition) is 2. The van der Waals surface area contributed by atoms with E-state index in [4.69, 9.17) is 14.5 Å². The highest BCUT2D eigenvalue weighted by atomic mass is 19.1. The molecule has 5 aromatic rings. The predicted octanol–water partition coefficient (Wildman–Crippen LogP) is 5.82. The maximum Gasteiger partial charge on any atom is 0.319 e. The van der Waals surface area contributed by atoms with Gasteiger partial charge in [-0.05, 0) is 79.6 Å². The van der Waals surface area contributed by atoms with Gasteiger partial charge in [-0.3, -0.25) is 0 Å². The van der Waals surface area contributed by atoms with Crippen molar-refractivity contribution in [2.45, 2.75) is 57.7 Å². The van der Waals surface area contributed by atoms with Crippen LogP contribution in [0.2, 0.25) is 0 Å². The van der Waals surface area contributed by atoms with Crippen molar-refractivity contribution in [3.8, 4) is 23.0 Å². The molecule has 3 fully saturated rings. The molecule has 1 unspecified atom stereocenters. The Morgan fingerprint density at radius 2 is 1.86 bits per heavy atom. The number of aromatic hydroxyl groups is 1. The number of anilines is 1. The van der Waals surface area contributed by atoms with E-state index in [2.05, 4.69) is 15.0 Å². The molecular formula is C37H41F3N6O4. The topological polar surface area (TPSA) is 108 Å². The van der Waals surface area contributed by atoms with Gasteiger partial charge in [-0.25, -0.2) is 17.7 Å². The highest BCUT2D eigenvalue weighted by Gasteiger charge is 2.45. The second-order valence-corrected chi connectivity index (χ2v) is 14.5. The molecule has 50 heavy (non-hydrogen) atoms. The van der Waals surface area contributed by atoms with E-state index in [-0.39, 0.29) is 47.1 Å². The number of rotatable bonds is 8. The monoisotopic (exact) mass is 690 g/mol. The third-order valence-electron chi connectivity index (χ3n) is 10.4. The fourth-order valence-electron chi connectivity index (χ4n) is 7.72. The third kappa shape index (κ3) is 5.98. The molecule has 2 saturated heterocycles. The van der Waals surface area contributed by atoms with Crippen molar-refractivity contribution in [1.29, 1.82) is 0 Å². The normalized spacial score (nSPS) is 21.7. The predicted molar refractivity (Wildman–Crippen MR) is 184 cm³/mol. The molecular weight excluding hydrogens is 649 g/mol. The van der Waals surface area contributed by atoms with Gasteiger partial charge in [0.2, 0.25) is 0 Å². The number of aryl methyl sites for hydroxylation is 1. The number of piperidine rings is 1. The van der Waals surface area contributed by atoms with Gasteiger partial charge >= 0.3 is 6.01 Å². The molecule has 2 aliphatic heterocycles. The minimum atomic E-state index is -1.21. The molecule has 3 aliphatic rings. The van der Waals surface area contributed by atoms with Crippen molar-refractivity contribution in [2.24, 2.45) is 5.41 Å². The maximum atomic E-state index is 17.4. The highest BCUT2D eigenvalue weighted by molar-refractivity contribution is 6.07. The summed E-state index contributed by atoms with van der Waals surface area (Å²) in [5, 5.41) is 27.8. The lowest BCUT2D eigenvalue weighted by Gasteiger charge is -2.32. The maximum absolute atomic E-state index is 17.4. The molecule has 0 radical (unpaired) electrons. The summed E-state index contributed by atoms with van der Waals surface area (Å²) in [5.74, 6) is -0.909. The van der Waals surface area contributed by atoms with Crippen molar-refractivity contribution in [2.75, 3.05) is 57.4 Å². The van der Waals surface area contributed by atoms with Crippen LogP contribution < -0.4 is 9.64 Å². The molecule has 13 heteroatoms. The number of aliphatic hydroxyl groups is 1. The first-order chi connectivity index (χ1) is 24.0. The van der Waals surface area contributed by atoms with Crippen LogP contribution in [-0.2, 0) is 11.2 Å². The summed E-state index contributed by atoms with van der Waals surface area (Å²) in [6.07, 6.45) is 4.09. The molecule has 8 rings (SSSR count). The number of benzene rings is 2. The Morgan fingerprint density at radius 3 is 2.62 bits per heavy atom. The lowest BCUT2D eigenvalue weighted by Crippen LogP contribution is -2.42. The van der Waals surface area contributed by atoms with Gasteiger partial charge in [-0.2, -0.15) is 15.1 Å². The fourth-order valence-corrected chi connectivity index (χ4v) is 7.72. The zero-order valence-corrected chi connectivity index (χ0v) is 28.3. The number of phenols is 1. The number of β-amino-alcohol motifs (C(OH)–C–C–N with tert-alkyl or cyclic N) is 1. The SMILES string of the molecule is CCc1c(F)ccc2cc(O)cc(-c3c(F)c4nc(OCC5(CN6CCC(F)CC6)CC5)nc(N5CCOCC(C)(O)C5)c4c4ccnn34)c12. The number of phenolic OH excluding ortho intramolecular Hbond substituents is 1. The van der Waals surface area contributed by atoms with Crippen LogP contribution in [0.1, 0.15) is 45.1 Å². The Hall–Kier alpha value is -4.20. The van der Waals surface area contributed by atoms with E-state index in [1.165, 1.54) is 22.7 Å². The smallest absolute Gasteiger partial charge is 0.319 e. The summed E-state index contributed by atoms with van der Waals surface area (Å²) in [5.41, 5.74) is -0.204. The largest absolute Gasteiger partial charge is 0.508 e. The quantitative estimate of drug-likeness (QED) is 0.208. The van der Waals surface area contributed by atoms with Crippen LogP contribution in [0.15, 0.2) is 36.5 Å². The number of likely N-dealkylation sites (tertiary alicyclic amines) is 1. The van der Waals surface area contributed by atoms with E-state index in [9.17, 15) is 14.6 Å². The molecule has 0 spiro atoms. The zero-order valence-electron chi connectivity index (χ0n) is 28.3. The molecule has 1 aliphatic carbocycles. The van der Waals surface area contributed by atoms with Crippen LogP contribution in [-0.4, -0.2) is 99.0 Å². The van der Waals surface area contributed by atoms with Crippen LogP contribution in [0.25, 0.3) is 38.4 Å². The number of halogens is 3. The minimum absolute atomic E-state index is 0.00965. The molecule has 1 saturated carbocycles. The van der Waals surface area contributed by atoms with Crippen molar-refractivity contribution >= 4 is 33.0 Å². The van der Waals surface area contributed by atoms with E-state index in [1.807, 2.05) is 11.8 Å². The van der Waals surface area contributed by atoms with E-state index >= 15 is 8.78 Å². The summed E-state index contributed by atoms with van der Waals surface area (Å²) in [6.45, 7) is 6.98. The summed E-state index contributed by atoms with van der Waals surface area (Å²) in [6, 6.07) is 7.60. The van der Waals surface area contributed by atoms with E-state index in [0.29, 0.717) is 85.2 Å². The minimum Gasteiger partial charge on any atom is -0.508 e. The molecule has 3 aromatic heterocycles. The first-order valence-electron chi connectivity index (χ1n) is 17.4. The molecule has 10 nitrogen and oxygen atoms in total. The van der Waals surface area contributed by atoms with Crippen molar-refractivity contribution in [3.05, 3.63) is 53.7 Å². The summed E-state index contributed by atoms with van der Waals surface area (Å²) in [4.78, 5) is 13.7. The summed E-state index contributed by atoms with van der Waals surface area (Å²) in [7, 11) is 0. The second kappa shape index (κ2) is 12.5. The Balaban J connectivity index is 1.30. The van der Waals surface area contributed by atoms with Gasteiger partial charge in [0.25, 0.3) is 0 Å². The number of aromatic nitrogens is 4. The second-order valence-electron chi connectivity index (χ2n) is 14.5. The Morgan fingerprint density at radius 1 is 1.06 bits per heavy atom. The Labute approximate surface area is 287 Å². The number of hydrogen-bond acceptors (Lipinski definition) is 9. The van der Waals surface area contributed by atoms with Gasteiger partial charge in [-0.1, -0.05) is 13.0 Å². The number of fused-ring (bicyclic) bond motifs is 4. The average molecular weight is 691 g/mol. The zero-order chi connectivity index (χ0) is 34.8. The Bertz CT molecular complexity index is 2090. The van der Waals surface area contributed by atoms with Gasteiger partial charge in [0.15, 0.2) is 5.82 Å². The molecule has 5 heterocycles. The average Bonchev–Trinajstić information content (AvgIpc) is 3.74. The first-order valence-corrected chi connectivity index (χ1v) is 17.4. The number of ether oxygens (including phenoxy) is 2. The van der Waals surface area contributed by atoms with Crippen molar-refractivity contribution in [1.82, 2.24) is 24.5 Å². The molecule has 2 N–H and O–H groups in total. The van der Waals surface area contributed by atoms with Gasteiger partial charge in [0, 0.05) is 37.2 Å². The van der Waals surface area contributed by atoms with Gasteiger partial charge in [0.1, 0.15) is 40.4 Å². The molecule has 0 amide bonds. The molecule has 1 atom stereocenters. The van der Waals surface area contributed by atoms with E-state index < -0.39 is 23.4 Å². The van der Waals surface area contributed by atoms with Crippen LogP contribution in [0.4, 0.5) is 19.0 Å². The molecule has 0 bridgehead atoms. The highest BCUT2D eigenvalue weighted by Crippen LogP contribution is 2.47.